The van der Waals surface area contributed by atoms with Crippen LogP contribution in [0.5, 0.6) is 0 Å². The Labute approximate surface area is 405 Å². The van der Waals surface area contributed by atoms with Crippen LogP contribution in [0.2, 0.25) is 0 Å². The van der Waals surface area contributed by atoms with Crippen LogP contribution in [0, 0.1) is 6.92 Å². The fraction of sp³-hybridized carbons (Fsp3) is 0.0149. The zero-order valence-electron chi connectivity index (χ0n) is 38.5. The van der Waals surface area contributed by atoms with Gasteiger partial charge in [-0.25, -0.2) is 0 Å². The summed E-state index contributed by atoms with van der Waals surface area (Å²) in [6.45, 7) is 2.16. The SMILES string of the molecule is Cc1ccc(N(c2ccc([Si](c3ccccc3)(c3ccccc3)c3ccccc3)cc2)c2ccc3c(c2)c2ccccc2c2c(-c4ccccc4)cc(-c4ccccc4)c(-c4ccccc4)c32)cc1. The molecule has 326 valence electrons. The molecule has 69 heavy (non-hydrogen) atoms. The van der Waals surface area contributed by atoms with Crippen molar-refractivity contribution in [3.8, 4) is 33.4 Å². The van der Waals surface area contributed by atoms with Crippen molar-refractivity contribution in [1.82, 2.24) is 0 Å². The molecule has 0 fully saturated rings. The average Bonchev–Trinajstić information content (AvgIpc) is 3.43. The largest absolute Gasteiger partial charge is 0.310 e. The van der Waals surface area contributed by atoms with E-state index in [2.05, 4.69) is 291 Å². The fourth-order valence-corrected chi connectivity index (χ4v) is 15.7. The van der Waals surface area contributed by atoms with Crippen LogP contribution >= 0.6 is 0 Å². The molecule has 0 unspecified atom stereocenters. The normalized spacial score (nSPS) is 11.6. The Hall–Kier alpha value is -8.56. The number of hydrogen-bond donors (Lipinski definition) is 0. The van der Waals surface area contributed by atoms with Gasteiger partial charge in [0.15, 0.2) is 8.07 Å². The molecule has 0 aromatic heterocycles. The van der Waals surface area contributed by atoms with Gasteiger partial charge in [0.1, 0.15) is 0 Å². The van der Waals surface area contributed by atoms with E-state index in [1.54, 1.807) is 0 Å². The fourth-order valence-electron chi connectivity index (χ4n) is 10.9. The molecule has 1 nitrogen and oxygen atoms in total. The smallest absolute Gasteiger partial charge is 0.179 e. The maximum absolute atomic E-state index is 2.73. The number of aryl methyl sites for hydroxylation is 1. The van der Waals surface area contributed by atoms with Crippen LogP contribution in [-0.4, -0.2) is 8.07 Å². The molecule has 0 N–H and O–H groups in total. The summed E-state index contributed by atoms with van der Waals surface area (Å²) in [5, 5.41) is 12.9. The van der Waals surface area contributed by atoms with E-state index in [1.165, 1.54) is 92.0 Å². The predicted octanol–water partition coefficient (Wildman–Crippen LogP) is 15.3. The zero-order chi connectivity index (χ0) is 46.2. The first-order valence-electron chi connectivity index (χ1n) is 23.9. The number of nitrogens with zero attached hydrogens (tertiary/aromatic N) is 1. The third kappa shape index (κ3) is 7.34. The zero-order valence-corrected chi connectivity index (χ0v) is 39.5. The maximum Gasteiger partial charge on any atom is 0.179 e. The van der Waals surface area contributed by atoms with Gasteiger partial charge in [-0.3, -0.25) is 0 Å². The van der Waals surface area contributed by atoms with Gasteiger partial charge in [-0.15, -0.1) is 0 Å². The van der Waals surface area contributed by atoms with E-state index in [9.17, 15) is 0 Å². The van der Waals surface area contributed by atoms with Crippen LogP contribution < -0.4 is 25.6 Å². The van der Waals surface area contributed by atoms with Crippen LogP contribution in [0.4, 0.5) is 17.1 Å². The molecule has 0 radical (unpaired) electrons. The van der Waals surface area contributed by atoms with Gasteiger partial charge in [0, 0.05) is 17.1 Å². The second-order valence-electron chi connectivity index (χ2n) is 18.0. The summed E-state index contributed by atoms with van der Waals surface area (Å²) >= 11 is 0. The van der Waals surface area contributed by atoms with E-state index in [1.807, 2.05) is 0 Å². The quantitative estimate of drug-likeness (QED) is 0.0751. The van der Waals surface area contributed by atoms with Gasteiger partial charge in [-0.2, -0.15) is 0 Å². The molecule has 0 spiro atoms. The number of fused-ring (bicyclic) bond motifs is 6. The second-order valence-corrected chi connectivity index (χ2v) is 21.8. The molecule has 0 aliphatic heterocycles. The minimum atomic E-state index is -2.73. The van der Waals surface area contributed by atoms with E-state index in [0.717, 1.165) is 17.1 Å². The van der Waals surface area contributed by atoms with Gasteiger partial charge < -0.3 is 4.90 Å². The van der Waals surface area contributed by atoms with Crippen molar-refractivity contribution in [3.05, 3.63) is 285 Å². The lowest BCUT2D eigenvalue weighted by atomic mass is 9.81. The minimum absolute atomic E-state index is 1.10. The number of hydrogen-bond acceptors (Lipinski definition) is 1. The van der Waals surface area contributed by atoms with Crippen LogP contribution in [0.15, 0.2) is 279 Å². The van der Waals surface area contributed by atoms with Crippen LogP contribution in [0.25, 0.3) is 65.7 Å². The Bertz CT molecular complexity index is 3630. The summed E-state index contributed by atoms with van der Waals surface area (Å²) in [7, 11) is -2.73. The molecule has 0 aliphatic rings. The molecule has 0 aliphatic carbocycles. The number of anilines is 3. The minimum Gasteiger partial charge on any atom is -0.310 e. The predicted molar refractivity (Wildman–Crippen MR) is 298 cm³/mol. The molecule has 12 aromatic carbocycles. The summed E-state index contributed by atoms with van der Waals surface area (Å²) in [6, 6.07) is 103. The van der Waals surface area contributed by atoms with Crippen LogP contribution in [-0.2, 0) is 0 Å². The molecule has 12 rings (SSSR count). The Morgan fingerprint density at radius 3 is 1.19 bits per heavy atom. The molecule has 0 heterocycles. The molecule has 0 amide bonds. The van der Waals surface area contributed by atoms with Crippen LogP contribution in [0.3, 0.4) is 0 Å². The van der Waals surface area contributed by atoms with Gasteiger partial charge in [-0.05, 0) is 136 Å². The monoisotopic (exact) mass is 895 g/mol. The highest BCUT2D eigenvalue weighted by Gasteiger charge is 2.41. The molecular formula is C67H49NSi. The Kier molecular flexibility index (Phi) is 10.9. The summed E-state index contributed by atoms with van der Waals surface area (Å²) in [5.41, 5.74) is 11.8. The standard InChI is InChI=1S/C67H49NSi/c1-48-36-38-52(39-37-48)68(53-40-43-58(44-41-53)69(55-28-14-5-15-29-55,56-30-16-6-17-31-56)57-32-18-7-19-33-57)54-42-45-61-64(46-54)59-34-20-21-35-60(59)66-63(50-24-10-3-11-25-50)47-62(49-22-8-2-9-23-49)65(67(61)66)51-26-12-4-13-27-51/h2-47H,1H3. The van der Waals surface area contributed by atoms with Crippen molar-refractivity contribution in [2.24, 2.45) is 0 Å². The molecule has 0 atom stereocenters. The van der Waals surface area contributed by atoms with Gasteiger partial charge in [-0.1, -0.05) is 242 Å². The first-order valence-corrected chi connectivity index (χ1v) is 25.9. The highest BCUT2D eigenvalue weighted by molar-refractivity contribution is 7.19. The van der Waals surface area contributed by atoms with Gasteiger partial charge in [0.2, 0.25) is 0 Å². The molecule has 0 bridgehead atoms. The van der Waals surface area contributed by atoms with E-state index < -0.39 is 8.07 Å². The van der Waals surface area contributed by atoms with E-state index >= 15 is 0 Å². The molecule has 2 heteroatoms. The summed E-state index contributed by atoms with van der Waals surface area (Å²) in [5.74, 6) is 0. The van der Waals surface area contributed by atoms with Gasteiger partial charge >= 0.3 is 0 Å². The summed E-state index contributed by atoms with van der Waals surface area (Å²) in [6.07, 6.45) is 0. The van der Waals surface area contributed by atoms with Gasteiger partial charge in [0.25, 0.3) is 0 Å². The third-order valence-electron chi connectivity index (χ3n) is 14.0. The first kappa shape index (κ1) is 41.8. The molecular weight excluding hydrogens is 847 g/mol. The highest BCUT2D eigenvalue weighted by atomic mass is 28.3. The summed E-state index contributed by atoms with van der Waals surface area (Å²) < 4.78 is 0. The van der Waals surface area contributed by atoms with Crippen molar-refractivity contribution >= 4 is 78.2 Å². The Morgan fingerprint density at radius 2 is 0.667 bits per heavy atom. The Balaban J connectivity index is 1.13. The maximum atomic E-state index is 2.44. The number of benzene rings is 12. The van der Waals surface area contributed by atoms with Crippen LogP contribution in [0.1, 0.15) is 5.56 Å². The Morgan fingerprint density at radius 1 is 0.275 bits per heavy atom. The van der Waals surface area contributed by atoms with E-state index in [-0.39, 0.29) is 0 Å². The second kappa shape index (κ2) is 17.9. The first-order chi connectivity index (χ1) is 34.2. The molecule has 0 saturated heterocycles. The lowest BCUT2D eigenvalue weighted by Gasteiger charge is -2.35. The van der Waals surface area contributed by atoms with Crippen molar-refractivity contribution < 1.29 is 0 Å². The van der Waals surface area contributed by atoms with E-state index in [4.69, 9.17) is 0 Å². The third-order valence-corrected chi connectivity index (χ3v) is 18.8. The van der Waals surface area contributed by atoms with Crippen molar-refractivity contribution in [2.75, 3.05) is 4.90 Å². The average molecular weight is 896 g/mol. The lowest BCUT2D eigenvalue weighted by Crippen LogP contribution is -2.74. The number of rotatable bonds is 10. The van der Waals surface area contributed by atoms with Crippen molar-refractivity contribution in [3.63, 3.8) is 0 Å². The molecule has 12 aromatic rings. The van der Waals surface area contributed by atoms with Crippen molar-refractivity contribution in [1.29, 1.82) is 0 Å². The molecule has 0 saturated carbocycles. The lowest BCUT2D eigenvalue weighted by molar-refractivity contribution is 1.28. The van der Waals surface area contributed by atoms with Crippen molar-refractivity contribution in [2.45, 2.75) is 6.92 Å². The summed E-state index contributed by atoms with van der Waals surface area (Å²) in [4.78, 5) is 2.44. The van der Waals surface area contributed by atoms with Gasteiger partial charge in [0.05, 0.1) is 0 Å². The topological polar surface area (TPSA) is 3.24 Å². The highest BCUT2D eigenvalue weighted by Crippen LogP contribution is 2.50. The van der Waals surface area contributed by atoms with E-state index in [0.29, 0.717) is 0 Å².